The highest BCUT2D eigenvalue weighted by Crippen LogP contribution is 2.35. The minimum absolute atomic E-state index is 0.626. The molecule has 3 rings (SSSR count). The van der Waals surface area contributed by atoms with Gasteiger partial charge in [-0.2, -0.15) is 0 Å². The average Bonchev–Trinajstić information content (AvgIpc) is 2.92. The first kappa shape index (κ1) is 14.7. The molecular weight excluding hydrogens is 276 g/mol. The number of nitrogens with one attached hydrogen (secondary N) is 1. The zero-order chi connectivity index (χ0) is 14.5. The maximum atomic E-state index is 4.98. The van der Waals surface area contributed by atoms with Gasteiger partial charge in [-0.15, -0.1) is 11.3 Å². The number of fused-ring (bicyclic) bond motifs is 1. The molecule has 0 bridgehead atoms. The Hall–Kier alpha value is -1.19. The lowest BCUT2D eigenvalue weighted by molar-refractivity contribution is 0.501. The lowest BCUT2D eigenvalue weighted by atomic mass is 9.91. The van der Waals surface area contributed by atoms with Gasteiger partial charge in [-0.3, -0.25) is 0 Å². The first-order valence-electron chi connectivity index (χ1n) is 8.10. The molecule has 112 valence electrons. The monoisotopic (exact) mass is 300 g/mol. The first-order valence-corrected chi connectivity index (χ1v) is 8.91. The molecule has 21 heavy (non-hydrogen) atoms. The Morgan fingerprint density at radius 3 is 2.95 bits per heavy atom. The van der Waals surface area contributed by atoms with E-state index in [4.69, 9.17) is 4.98 Å². The van der Waals surface area contributed by atoms with Crippen molar-refractivity contribution in [1.29, 1.82) is 0 Å². The summed E-state index contributed by atoms with van der Waals surface area (Å²) in [5.41, 5.74) is 2.75. The molecule has 2 aromatic rings. The van der Waals surface area contributed by atoms with Gasteiger partial charge in [0.15, 0.2) is 0 Å². The van der Waals surface area contributed by atoms with E-state index < -0.39 is 0 Å². The largest absolute Gasteiger partial charge is 0.316 e. The molecule has 0 amide bonds. The number of hydrogen-bond acceptors (Lipinski definition) is 3. The number of aromatic nitrogens is 1. The van der Waals surface area contributed by atoms with Crippen molar-refractivity contribution in [3.05, 3.63) is 51.5 Å². The number of hydrogen-bond donors (Lipinski definition) is 1. The van der Waals surface area contributed by atoms with E-state index in [1.807, 2.05) is 11.3 Å². The highest BCUT2D eigenvalue weighted by atomic mass is 32.1. The third-order valence-electron chi connectivity index (χ3n) is 4.13. The molecular formula is C18H24N2S. The second-order valence-electron chi connectivity index (χ2n) is 5.87. The van der Waals surface area contributed by atoms with Gasteiger partial charge in [-0.1, -0.05) is 37.3 Å². The molecule has 0 radical (unpaired) electrons. The molecule has 1 N–H and O–H groups in total. The first-order chi connectivity index (χ1) is 10.4. The Morgan fingerprint density at radius 1 is 1.29 bits per heavy atom. The highest BCUT2D eigenvalue weighted by Gasteiger charge is 2.24. The normalized spacial score (nSPS) is 17.7. The predicted octanol–water partition coefficient (Wildman–Crippen LogP) is 4.15. The van der Waals surface area contributed by atoms with Gasteiger partial charge in [0, 0.05) is 23.8 Å². The molecule has 1 unspecified atom stereocenters. The molecule has 0 fully saturated rings. The summed E-state index contributed by atoms with van der Waals surface area (Å²) < 4.78 is 0. The van der Waals surface area contributed by atoms with E-state index in [-0.39, 0.29) is 0 Å². The van der Waals surface area contributed by atoms with Crippen molar-refractivity contribution in [1.82, 2.24) is 10.3 Å². The second-order valence-corrected chi connectivity index (χ2v) is 7.04. The van der Waals surface area contributed by atoms with E-state index in [1.54, 1.807) is 0 Å². The number of rotatable bonds is 6. The summed E-state index contributed by atoms with van der Waals surface area (Å²) in [7, 11) is 0. The van der Waals surface area contributed by atoms with E-state index in [1.165, 1.54) is 46.8 Å². The summed E-state index contributed by atoms with van der Waals surface area (Å²) in [6, 6.07) is 10.7. The maximum absolute atomic E-state index is 4.98. The number of thiazole rings is 1. The Bertz CT molecular complexity index is 562. The second kappa shape index (κ2) is 7.19. The quantitative estimate of drug-likeness (QED) is 0.811. The van der Waals surface area contributed by atoms with E-state index in [0.717, 1.165) is 19.5 Å². The summed E-state index contributed by atoms with van der Waals surface area (Å²) in [6.07, 6.45) is 6.02. The van der Waals surface area contributed by atoms with Crippen molar-refractivity contribution in [2.45, 2.75) is 44.9 Å². The Labute approximate surface area is 131 Å². The number of benzene rings is 1. The minimum atomic E-state index is 0.626. The van der Waals surface area contributed by atoms with Gasteiger partial charge in [0.05, 0.1) is 10.7 Å². The molecule has 1 atom stereocenters. The smallest absolute Gasteiger partial charge is 0.0975 e. The molecule has 0 aliphatic heterocycles. The fourth-order valence-corrected chi connectivity index (χ4v) is 4.29. The Morgan fingerprint density at radius 2 is 2.14 bits per heavy atom. The summed E-state index contributed by atoms with van der Waals surface area (Å²) in [4.78, 5) is 6.52. The summed E-state index contributed by atoms with van der Waals surface area (Å²) >= 11 is 1.93. The predicted molar refractivity (Wildman–Crippen MR) is 90.2 cm³/mol. The van der Waals surface area contributed by atoms with Crippen molar-refractivity contribution in [3.8, 4) is 0 Å². The molecule has 1 aromatic carbocycles. The van der Waals surface area contributed by atoms with Crippen molar-refractivity contribution < 1.29 is 0 Å². The van der Waals surface area contributed by atoms with Crippen LogP contribution < -0.4 is 5.32 Å². The van der Waals surface area contributed by atoms with Crippen LogP contribution in [0, 0.1) is 0 Å². The van der Waals surface area contributed by atoms with Gasteiger partial charge in [-0.25, -0.2) is 4.98 Å². The molecule has 1 heterocycles. The minimum Gasteiger partial charge on any atom is -0.316 e. The van der Waals surface area contributed by atoms with Crippen LogP contribution in [-0.2, 0) is 12.8 Å². The van der Waals surface area contributed by atoms with Crippen molar-refractivity contribution in [3.63, 3.8) is 0 Å². The Balaban J connectivity index is 1.71. The van der Waals surface area contributed by atoms with Crippen LogP contribution in [0.5, 0.6) is 0 Å². The van der Waals surface area contributed by atoms with Gasteiger partial charge < -0.3 is 5.32 Å². The van der Waals surface area contributed by atoms with Crippen LogP contribution in [-0.4, -0.2) is 18.1 Å². The van der Waals surface area contributed by atoms with Crippen LogP contribution in [0.15, 0.2) is 30.3 Å². The van der Waals surface area contributed by atoms with E-state index >= 15 is 0 Å². The third kappa shape index (κ3) is 3.72. The lowest BCUT2D eigenvalue weighted by Gasteiger charge is -2.21. The fourth-order valence-electron chi connectivity index (χ4n) is 3.06. The molecule has 0 saturated heterocycles. The van der Waals surface area contributed by atoms with Crippen molar-refractivity contribution in [2.24, 2.45) is 0 Å². The fraction of sp³-hybridized carbons (Fsp3) is 0.500. The highest BCUT2D eigenvalue weighted by molar-refractivity contribution is 7.11. The van der Waals surface area contributed by atoms with E-state index in [9.17, 15) is 0 Å². The summed E-state index contributed by atoms with van der Waals surface area (Å²) in [5.74, 6) is 0.626. The molecule has 1 aromatic heterocycles. The molecule has 1 aliphatic rings. The van der Waals surface area contributed by atoms with Crippen molar-refractivity contribution >= 4 is 11.3 Å². The average molecular weight is 300 g/mol. The molecule has 0 saturated carbocycles. The lowest BCUT2D eigenvalue weighted by Crippen LogP contribution is -2.24. The van der Waals surface area contributed by atoms with Crippen LogP contribution in [0.1, 0.15) is 53.2 Å². The van der Waals surface area contributed by atoms with Gasteiger partial charge >= 0.3 is 0 Å². The third-order valence-corrected chi connectivity index (χ3v) is 5.26. The van der Waals surface area contributed by atoms with Gasteiger partial charge in [0.1, 0.15) is 0 Å². The van der Waals surface area contributed by atoms with Gasteiger partial charge in [-0.05, 0) is 37.8 Å². The van der Waals surface area contributed by atoms with Crippen molar-refractivity contribution in [2.75, 3.05) is 13.1 Å². The number of aryl methyl sites for hydroxylation is 1. The molecule has 2 nitrogen and oxygen atoms in total. The maximum Gasteiger partial charge on any atom is 0.0975 e. The summed E-state index contributed by atoms with van der Waals surface area (Å²) in [6.45, 7) is 4.43. The Kier molecular flexibility index (Phi) is 5.04. The molecule has 3 heteroatoms. The molecule has 1 aliphatic carbocycles. The van der Waals surface area contributed by atoms with E-state index in [0.29, 0.717) is 5.92 Å². The van der Waals surface area contributed by atoms with Crippen LogP contribution in [0.2, 0.25) is 0 Å². The topological polar surface area (TPSA) is 24.9 Å². The van der Waals surface area contributed by atoms with Crippen LogP contribution in [0.3, 0.4) is 0 Å². The zero-order valence-electron chi connectivity index (χ0n) is 12.8. The zero-order valence-corrected chi connectivity index (χ0v) is 13.6. The molecule has 0 spiro atoms. The van der Waals surface area contributed by atoms with E-state index in [2.05, 4.69) is 42.6 Å². The van der Waals surface area contributed by atoms with Crippen LogP contribution >= 0.6 is 11.3 Å². The standard InChI is InChI=1S/C18H24N2S/c1-2-11-19-13-15-9-6-10-16-18(15)20-17(21-16)12-14-7-4-3-5-8-14/h3-5,7-8,15,19H,2,6,9-13H2,1H3. The van der Waals surface area contributed by atoms with Gasteiger partial charge in [0.25, 0.3) is 0 Å². The SMILES string of the molecule is CCCNCC1CCCc2sc(Cc3ccccc3)nc21. The number of nitrogens with zero attached hydrogens (tertiary/aromatic N) is 1. The van der Waals surface area contributed by atoms with Crippen LogP contribution in [0.4, 0.5) is 0 Å². The van der Waals surface area contributed by atoms with Gasteiger partial charge in [0.2, 0.25) is 0 Å². The summed E-state index contributed by atoms with van der Waals surface area (Å²) in [5, 5.41) is 4.85. The van der Waals surface area contributed by atoms with Crippen LogP contribution in [0.25, 0.3) is 0 Å².